The van der Waals surface area contributed by atoms with Crippen LogP contribution >= 0.6 is 12.4 Å². The molecule has 2 aromatic rings. The van der Waals surface area contributed by atoms with Crippen LogP contribution in [0.5, 0.6) is 0 Å². The van der Waals surface area contributed by atoms with Crippen molar-refractivity contribution in [1.29, 1.82) is 0 Å². The Morgan fingerprint density at radius 1 is 1.28 bits per heavy atom. The van der Waals surface area contributed by atoms with Crippen LogP contribution in [0.25, 0.3) is 10.9 Å². The number of fused-ring (bicyclic) bond motifs is 1. The Hall–Kier alpha value is -2.12. The summed E-state index contributed by atoms with van der Waals surface area (Å²) in [5.74, 6) is -0.0932. The molecule has 0 atom stereocenters. The van der Waals surface area contributed by atoms with Crippen molar-refractivity contribution in [2.75, 3.05) is 20.1 Å². The summed E-state index contributed by atoms with van der Waals surface area (Å²) in [7, 11) is 1.81. The maximum absolute atomic E-state index is 12.7. The molecule has 1 aliphatic heterocycles. The van der Waals surface area contributed by atoms with E-state index < -0.39 is 5.69 Å². The molecule has 1 aromatic carbocycles. The predicted octanol–water partition coefficient (Wildman–Crippen LogP) is 0.956. The minimum absolute atomic E-state index is 0. The van der Waals surface area contributed by atoms with E-state index >= 15 is 0 Å². The third kappa shape index (κ3) is 3.62. The van der Waals surface area contributed by atoms with Crippen molar-refractivity contribution in [2.24, 2.45) is 0 Å². The van der Waals surface area contributed by atoms with E-state index in [4.69, 9.17) is 0 Å². The van der Waals surface area contributed by atoms with Crippen LogP contribution in [0.1, 0.15) is 30.1 Å². The molecule has 0 saturated carbocycles. The molecule has 1 aliphatic rings. The van der Waals surface area contributed by atoms with Gasteiger partial charge in [0.25, 0.3) is 11.5 Å². The molecule has 0 bridgehead atoms. The first-order valence-electron chi connectivity index (χ1n) is 8.27. The van der Waals surface area contributed by atoms with E-state index in [1.54, 1.807) is 37.1 Å². The van der Waals surface area contributed by atoms with Gasteiger partial charge >= 0.3 is 5.69 Å². The molecular weight excluding hydrogens is 344 g/mol. The summed E-state index contributed by atoms with van der Waals surface area (Å²) in [4.78, 5) is 41.4. The highest BCUT2D eigenvalue weighted by Crippen LogP contribution is 2.16. The van der Waals surface area contributed by atoms with Crippen molar-refractivity contribution < 1.29 is 4.79 Å². The fourth-order valence-corrected chi connectivity index (χ4v) is 3.24. The number of rotatable bonds is 3. The number of benzene rings is 1. The number of hydrogen-bond donors (Lipinski definition) is 2. The van der Waals surface area contributed by atoms with Crippen LogP contribution in [0, 0.1) is 0 Å². The Labute approximate surface area is 151 Å². The standard InChI is InChI=1S/C17H22N4O3.ClH/c1-3-21-16(23)13-5-4-11(10-14(13)19-17(21)24)15(22)20(2)12-6-8-18-9-7-12;/h4-5,10,12,18H,3,6-9H2,1-2H3,(H,19,24);1H. The van der Waals surface area contributed by atoms with E-state index in [1.165, 1.54) is 0 Å². The molecule has 0 aliphatic carbocycles. The van der Waals surface area contributed by atoms with E-state index in [0.29, 0.717) is 23.0 Å². The normalized spacial score (nSPS) is 15.0. The van der Waals surface area contributed by atoms with Crippen LogP contribution in [0.15, 0.2) is 27.8 Å². The third-order valence-electron chi connectivity index (χ3n) is 4.72. The van der Waals surface area contributed by atoms with Gasteiger partial charge in [-0.3, -0.25) is 14.2 Å². The molecule has 136 valence electrons. The number of aromatic amines is 1. The first-order chi connectivity index (χ1) is 11.5. The average molecular weight is 367 g/mol. The van der Waals surface area contributed by atoms with Crippen LogP contribution in [-0.4, -0.2) is 46.5 Å². The predicted molar refractivity (Wildman–Crippen MR) is 99.7 cm³/mol. The zero-order chi connectivity index (χ0) is 17.3. The number of carbonyl (C=O) groups is 1. The van der Waals surface area contributed by atoms with Gasteiger partial charge in [-0.1, -0.05) is 0 Å². The average Bonchev–Trinajstić information content (AvgIpc) is 2.61. The van der Waals surface area contributed by atoms with Gasteiger partial charge in [-0.2, -0.15) is 0 Å². The topological polar surface area (TPSA) is 87.2 Å². The molecule has 3 rings (SSSR count). The van der Waals surface area contributed by atoms with Gasteiger partial charge in [0.1, 0.15) is 0 Å². The molecule has 1 fully saturated rings. The molecule has 1 amide bonds. The SMILES string of the molecule is CCn1c(=O)[nH]c2cc(C(=O)N(C)C3CCNCC3)ccc2c1=O.Cl. The van der Waals surface area contributed by atoms with Crippen molar-refractivity contribution in [3.8, 4) is 0 Å². The third-order valence-corrected chi connectivity index (χ3v) is 4.72. The Bertz CT molecular complexity index is 884. The van der Waals surface area contributed by atoms with Gasteiger partial charge in [0, 0.05) is 25.2 Å². The Balaban J connectivity index is 0.00000225. The lowest BCUT2D eigenvalue weighted by molar-refractivity contribution is 0.0703. The molecule has 2 heterocycles. The molecule has 7 nitrogen and oxygen atoms in total. The highest BCUT2D eigenvalue weighted by molar-refractivity contribution is 5.97. The summed E-state index contributed by atoms with van der Waals surface area (Å²) in [5, 5.41) is 3.70. The lowest BCUT2D eigenvalue weighted by Gasteiger charge is -2.31. The first-order valence-corrected chi connectivity index (χ1v) is 8.27. The van der Waals surface area contributed by atoms with Crippen LogP contribution in [0.3, 0.4) is 0 Å². The fourth-order valence-electron chi connectivity index (χ4n) is 3.24. The second-order valence-electron chi connectivity index (χ2n) is 6.14. The zero-order valence-electron chi connectivity index (χ0n) is 14.4. The number of hydrogen-bond acceptors (Lipinski definition) is 4. The van der Waals surface area contributed by atoms with Crippen molar-refractivity contribution in [1.82, 2.24) is 19.8 Å². The van der Waals surface area contributed by atoms with Gasteiger partial charge in [0.05, 0.1) is 10.9 Å². The van der Waals surface area contributed by atoms with Gasteiger partial charge in [-0.05, 0) is 51.1 Å². The smallest absolute Gasteiger partial charge is 0.328 e. The number of carbonyl (C=O) groups excluding carboxylic acids is 1. The number of H-pyrrole nitrogens is 1. The lowest BCUT2D eigenvalue weighted by Crippen LogP contribution is -2.44. The summed E-state index contributed by atoms with van der Waals surface area (Å²) in [5.41, 5.74) is 0.0976. The summed E-state index contributed by atoms with van der Waals surface area (Å²) < 4.78 is 1.14. The van der Waals surface area contributed by atoms with Crippen LogP contribution in [0.4, 0.5) is 0 Å². The van der Waals surface area contributed by atoms with Gasteiger partial charge < -0.3 is 15.2 Å². The number of amides is 1. The molecular formula is C17H23ClN4O3. The molecule has 2 N–H and O–H groups in total. The van der Waals surface area contributed by atoms with E-state index in [-0.39, 0.29) is 29.9 Å². The molecule has 1 aromatic heterocycles. The van der Waals surface area contributed by atoms with Gasteiger partial charge in [-0.15, -0.1) is 12.4 Å². The zero-order valence-corrected chi connectivity index (χ0v) is 15.2. The van der Waals surface area contributed by atoms with Crippen molar-refractivity contribution in [2.45, 2.75) is 32.4 Å². The lowest BCUT2D eigenvalue weighted by atomic mass is 10.0. The fraction of sp³-hybridized carbons (Fsp3) is 0.471. The van der Waals surface area contributed by atoms with E-state index in [2.05, 4.69) is 10.3 Å². The van der Waals surface area contributed by atoms with Crippen LogP contribution in [-0.2, 0) is 6.54 Å². The molecule has 8 heteroatoms. The van der Waals surface area contributed by atoms with Gasteiger partial charge in [0.2, 0.25) is 0 Å². The highest BCUT2D eigenvalue weighted by atomic mass is 35.5. The number of nitrogens with one attached hydrogen (secondary N) is 2. The van der Waals surface area contributed by atoms with Crippen LogP contribution in [0.2, 0.25) is 0 Å². The maximum Gasteiger partial charge on any atom is 0.328 e. The maximum atomic E-state index is 12.7. The Morgan fingerprint density at radius 3 is 2.60 bits per heavy atom. The number of nitrogens with zero attached hydrogens (tertiary/aromatic N) is 2. The molecule has 0 radical (unpaired) electrons. The summed E-state index contributed by atoms with van der Waals surface area (Å²) >= 11 is 0. The van der Waals surface area contributed by atoms with Crippen molar-refractivity contribution >= 4 is 29.2 Å². The van der Waals surface area contributed by atoms with Gasteiger partial charge in [0.15, 0.2) is 0 Å². The van der Waals surface area contributed by atoms with Crippen molar-refractivity contribution in [3.63, 3.8) is 0 Å². The summed E-state index contributed by atoms with van der Waals surface area (Å²) in [6, 6.07) is 5.07. The van der Waals surface area contributed by atoms with Crippen LogP contribution < -0.4 is 16.6 Å². The summed E-state index contributed by atoms with van der Waals surface area (Å²) in [6.45, 7) is 3.87. The number of piperidine rings is 1. The number of aromatic nitrogens is 2. The molecule has 25 heavy (non-hydrogen) atoms. The minimum atomic E-state index is -0.452. The van der Waals surface area contributed by atoms with E-state index in [9.17, 15) is 14.4 Å². The monoisotopic (exact) mass is 366 g/mol. The molecule has 0 unspecified atom stereocenters. The Kier molecular flexibility index (Phi) is 6.02. The Morgan fingerprint density at radius 2 is 1.96 bits per heavy atom. The second kappa shape index (κ2) is 7.84. The second-order valence-corrected chi connectivity index (χ2v) is 6.14. The number of halogens is 1. The van der Waals surface area contributed by atoms with Crippen molar-refractivity contribution in [3.05, 3.63) is 44.6 Å². The largest absolute Gasteiger partial charge is 0.339 e. The van der Waals surface area contributed by atoms with E-state index in [1.807, 2.05) is 0 Å². The first kappa shape index (κ1) is 19.2. The summed E-state index contributed by atoms with van der Waals surface area (Å²) in [6.07, 6.45) is 1.85. The molecule has 0 spiro atoms. The molecule has 1 saturated heterocycles. The quantitative estimate of drug-likeness (QED) is 0.846. The minimum Gasteiger partial charge on any atom is -0.339 e. The van der Waals surface area contributed by atoms with E-state index in [0.717, 1.165) is 30.5 Å². The van der Waals surface area contributed by atoms with Gasteiger partial charge in [-0.25, -0.2) is 4.79 Å². The highest BCUT2D eigenvalue weighted by Gasteiger charge is 2.23.